The van der Waals surface area contributed by atoms with Gasteiger partial charge in [-0.3, -0.25) is 0 Å². The lowest BCUT2D eigenvalue weighted by molar-refractivity contribution is 0.425. The summed E-state index contributed by atoms with van der Waals surface area (Å²) < 4.78 is 5.99. The Labute approximate surface area is 160 Å². The van der Waals surface area contributed by atoms with Crippen molar-refractivity contribution in [1.82, 2.24) is 14.9 Å². The van der Waals surface area contributed by atoms with Crippen molar-refractivity contribution < 1.29 is 4.74 Å². The van der Waals surface area contributed by atoms with E-state index in [0.29, 0.717) is 5.95 Å². The van der Waals surface area contributed by atoms with Crippen LogP contribution in [0.25, 0.3) is 0 Å². The molecule has 0 aliphatic carbocycles. The van der Waals surface area contributed by atoms with Gasteiger partial charge in [0.1, 0.15) is 11.6 Å². The van der Waals surface area contributed by atoms with Gasteiger partial charge in [0.05, 0.1) is 5.69 Å². The van der Waals surface area contributed by atoms with Crippen LogP contribution in [0.4, 0.5) is 17.5 Å². The fraction of sp³-hybridized carbons (Fsp3) is 0.238. The van der Waals surface area contributed by atoms with Crippen LogP contribution in [-0.2, 0) is 0 Å². The number of nitrogens with zero attached hydrogens (tertiary/aromatic N) is 3. The second-order valence-electron chi connectivity index (χ2n) is 6.48. The third-order valence-corrected chi connectivity index (χ3v) is 3.82. The lowest BCUT2D eigenvalue weighted by Crippen LogP contribution is -2.21. The number of aromatic nitrogens is 2. The van der Waals surface area contributed by atoms with Crippen molar-refractivity contribution in [2.45, 2.75) is 6.92 Å². The summed E-state index contributed by atoms with van der Waals surface area (Å²) in [5.41, 5.74) is 1.70. The summed E-state index contributed by atoms with van der Waals surface area (Å²) in [6.07, 6.45) is 0. The molecule has 1 heterocycles. The molecule has 6 heteroatoms. The van der Waals surface area contributed by atoms with Gasteiger partial charge in [-0.15, -0.1) is 0 Å². The predicted octanol–water partition coefficient (Wildman–Crippen LogP) is 4.29. The molecule has 0 fully saturated rings. The third-order valence-electron chi connectivity index (χ3n) is 3.82. The van der Waals surface area contributed by atoms with Crippen LogP contribution < -0.4 is 15.4 Å². The number of nitrogens with one attached hydrogen (secondary N) is 2. The number of aryl methyl sites for hydroxylation is 1. The molecule has 3 aromatic rings. The number of hydrogen-bond acceptors (Lipinski definition) is 6. The van der Waals surface area contributed by atoms with Crippen molar-refractivity contribution in [3.05, 3.63) is 66.4 Å². The lowest BCUT2D eigenvalue weighted by Gasteiger charge is -2.14. The Morgan fingerprint density at radius 1 is 0.963 bits per heavy atom. The van der Waals surface area contributed by atoms with E-state index in [9.17, 15) is 0 Å². The first-order valence-electron chi connectivity index (χ1n) is 8.93. The molecule has 140 valence electrons. The normalized spacial score (nSPS) is 10.7. The molecular formula is C21H25N5O. The molecule has 1 aromatic heterocycles. The highest BCUT2D eigenvalue weighted by Crippen LogP contribution is 2.30. The SMILES string of the molecule is Cc1cc(NCCN(C)C)nc(Nc2ccccc2Oc2ccccc2)n1. The first-order valence-corrected chi connectivity index (χ1v) is 8.93. The Hall–Kier alpha value is -3.12. The van der Waals surface area contributed by atoms with E-state index in [1.807, 2.05) is 81.7 Å². The van der Waals surface area contributed by atoms with Crippen molar-refractivity contribution in [3.8, 4) is 11.5 Å². The van der Waals surface area contributed by atoms with Gasteiger partial charge in [-0.25, -0.2) is 4.98 Å². The van der Waals surface area contributed by atoms with Gasteiger partial charge >= 0.3 is 0 Å². The highest BCUT2D eigenvalue weighted by Gasteiger charge is 2.08. The number of likely N-dealkylation sites (N-methyl/N-ethyl adjacent to an activating group) is 1. The molecule has 0 bridgehead atoms. The smallest absolute Gasteiger partial charge is 0.229 e. The predicted molar refractivity (Wildman–Crippen MR) is 110 cm³/mol. The zero-order valence-corrected chi connectivity index (χ0v) is 15.9. The maximum atomic E-state index is 5.99. The van der Waals surface area contributed by atoms with Gasteiger partial charge in [0, 0.05) is 24.8 Å². The van der Waals surface area contributed by atoms with E-state index in [-0.39, 0.29) is 0 Å². The van der Waals surface area contributed by atoms with Crippen LogP contribution in [0.15, 0.2) is 60.7 Å². The molecule has 2 N–H and O–H groups in total. The van der Waals surface area contributed by atoms with Crippen molar-refractivity contribution in [2.75, 3.05) is 37.8 Å². The topological polar surface area (TPSA) is 62.3 Å². The maximum Gasteiger partial charge on any atom is 0.229 e. The molecule has 0 amide bonds. The van der Waals surface area contributed by atoms with Crippen molar-refractivity contribution >= 4 is 17.5 Å². The molecule has 0 aliphatic heterocycles. The van der Waals surface area contributed by atoms with Crippen molar-refractivity contribution in [2.24, 2.45) is 0 Å². The summed E-state index contributed by atoms with van der Waals surface area (Å²) in [5.74, 6) is 2.83. The maximum absolute atomic E-state index is 5.99. The van der Waals surface area contributed by atoms with Crippen LogP contribution in [0.3, 0.4) is 0 Å². The number of anilines is 3. The third kappa shape index (κ3) is 5.69. The number of rotatable bonds is 8. The molecule has 0 spiro atoms. The van der Waals surface area contributed by atoms with Gasteiger partial charge in [0.2, 0.25) is 5.95 Å². The van der Waals surface area contributed by atoms with Gasteiger partial charge in [-0.1, -0.05) is 30.3 Å². The highest BCUT2D eigenvalue weighted by molar-refractivity contribution is 5.64. The Balaban J connectivity index is 1.76. The number of benzene rings is 2. The van der Waals surface area contributed by atoms with Crippen LogP contribution in [-0.4, -0.2) is 42.1 Å². The monoisotopic (exact) mass is 363 g/mol. The molecule has 0 unspecified atom stereocenters. The fourth-order valence-corrected chi connectivity index (χ4v) is 2.52. The first kappa shape index (κ1) is 18.7. The average Bonchev–Trinajstić information content (AvgIpc) is 2.63. The molecule has 0 saturated heterocycles. The van der Waals surface area contributed by atoms with Gasteiger partial charge in [0.25, 0.3) is 0 Å². The number of ether oxygens (including phenoxy) is 1. The molecule has 0 aliphatic rings. The van der Waals surface area contributed by atoms with Gasteiger partial charge < -0.3 is 20.3 Å². The van der Waals surface area contributed by atoms with Gasteiger partial charge in [0.15, 0.2) is 5.75 Å². The summed E-state index contributed by atoms with van der Waals surface area (Å²) in [6.45, 7) is 3.70. The van der Waals surface area contributed by atoms with Crippen molar-refractivity contribution in [1.29, 1.82) is 0 Å². The average molecular weight is 363 g/mol. The summed E-state index contributed by atoms with van der Waals surface area (Å²) in [7, 11) is 4.09. The molecule has 6 nitrogen and oxygen atoms in total. The highest BCUT2D eigenvalue weighted by atomic mass is 16.5. The quantitative estimate of drug-likeness (QED) is 0.622. The molecule has 27 heavy (non-hydrogen) atoms. The van der Waals surface area contributed by atoms with Crippen LogP contribution in [0.1, 0.15) is 5.69 Å². The fourth-order valence-electron chi connectivity index (χ4n) is 2.52. The molecule has 2 aromatic carbocycles. The molecule has 0 atom stereocenters. The molecule has 0 saturated carbocycles. The standard InChI is InChI=1S/C21H25N5O/c1-16-15-20(22-13-14-26(2)3)25-21(23-16)24-18-11-7-8-12-19(18)27-17-9-5-4-6-10-17/h4-12,15H,13-14H2,1-3H3,(H2,22,23,24,25). The molecule has 3 rings (SSSR count). The zero-order valence-electron chi connectivity index (χ0n) is 15.9. The minimum Gasteiger partial charge on any atom is -0.455 e. The van der Waals surface area contributed by atoms with Gasteiger partial charge in [-0.2, -0.15) is 4.98 Å². The summed E-state index contributed by atoms with van der Waals surface area (Å²) >= 11 is 0. The van der Waals surface area contributed by atoms with Crippen LogP contribution >= 0.6 is 0 Å². The summed E-state index contributed by atoms with van der Waals surface area (Å²) in [6, 6.07) is 19.4. The molecular weight excluding hydrogens is 338 g/mol. The van der Waals surface area contributed by atoms with Crippen LogP contribution in [0, 0.1) is 6.92 Å². The van der Waals surface area contributed by atoms with E-state index in [2.05, 4.69) is 25.5 Å². The minimum atomic E-state index is 0.534. The largest absolute Gasteiger partial charge is 0.455 e. The summed E-state index contributed by atoms with van der Waals surface area (Å²) in [4.78, 5) is 11.2. The Morgan fingerprint density at radius 3 is 2.48 bits per heavy atom. The first-order chi connectivity index (χ1) is 13.1. The Kier molecular flexibility index (Phi) is 6.22. The van der Waals surface area contributed by atoms with E-state index in [1.165, 1.54) is 0 Å². The number of para-hydroxylation sites is 3. The number of hydrogen-bond donors (Lipinski definition) is 2. The van der Waals surface area contributed by atoms with Gasteiger partial charge in [-0.05, 0) is 45.3 Å². The molecule has 0 radical (unpaired) electrons. The zero-order chi connectivity index (χ0) is 19.1. The van der Waals surface area contributed by atoms with E-state index < -0.39 is 0 Å². The lowest BCUT2D eigenvalue weighted by atomic mass is 10.3. The second-order valence-corrected chi connectivity index (χ2v) is 6.48. The summed E-state index contributed by atoms with van der Waals surface area (Å²) in [5, 5.41) is 6.61. The second kappa shape index (κ2) is 9.00. The van der Waals surface area contributed by atoms with Crippen molar-refractivity contribution in [3.63, 3.8) is 0 Å². The van der Waals surface area contributed by atoms with E-state index in [0.717, 1.165) is 41.8 Å². The Morgan fingerprint density at radius 2 is 1.70 bits per heavy atom. The van der Waals surface area contributed by atoms with Crippen LogP contribution in [0.2, 0.25) is 0 Å². The van der Waals surface area contributed by atoms with Crippen LogP contribution in [0.5, 0.6) is 11.5 Å². The Bertz CT molecular complexity index is 867. The van der Waals surface area contributed by atoms with E-state index in [1.54, 1.807) is 0 Å². The van der Waals surface area contributed by atoms with E-state index in [4.69, 9.17) is 4.74 Å². The van der Waals surface area contributed by atoms with E-state index >= 15 is 0 Å². The minimum absolute atomic E-state index is 0.534.